The second-order valence-corrected chi connectivity index (χ2v) is 4.85. The van der Waals surface area contributed by atoms with E-state index < -0.39 is 22.3 Å². The minimum Gasteiger partial charge on any atom is -0.393 e. The van der Waals surface area contributed by atoms with Crippen LogP contribution in [0.4, 0.5) is 15.8 Å². The lowest BCUT2D eigenvalue weighted by molar-refractivity contribution is -0.384. The quantitative estimate of drug-likeness (QED) is 0.418. The Kier molecular flexibility index (Phi) is 3.84. The fraction of sp³-hybridized carbons (Fsp3) is 0.417. The van der Waals surface area contributed by atoms with Crippen LogP contribution in [-0.2, 0) is 0 Å². The Morgan fingerprint density at radius 2 is 2.20 bits per heavy atom. The van der Waals surface area contributed by atoms with Gasteiger partial charge >= 0.3 is 0 Å². The van der Waals surface area contributed by atoms with E-state index in [4.69, 9.17) is 11.5 Å². The summed E-state index contributed by atoms with van der Waals surface area (Å²) < 4.78 is 13.3. The molecule has 0 bridgehead atoms. The maximum absolute atomic E-state index is 13.3. The summed E-state index contributed by atoms with van der Waals surface area (Å²) >= 11 is 0. The standard InChI is InChI=1S/C12H15FN4O3/c13-7-3-8(11(15)10(4-7)17(19)20)12(18)16-5-9(14)6-1-2-6/h3-4,6,9H,1-2,5,14-15H2,(H,16,18). The van der Waals surface area contributed by atoms with Crippen LogP contribution in [0.25, 0.3) is 0 Å². The zero-order valence-corrected chi connectivity index (χ0v) is 10.6. The summed E-state index contributed by atoms with van der Waals surface area (Å²) in [5, 5.41) is 13.2. The first kappa shape index (κ1) is 14.2. The number of nitrogens with one attached hydrogen (secondary N) is 1. The van der Waals surface area contributed by atoms with Crippen LogP contribution >= 0.6 is 0 Å². The normalized spacial score (nSPS) is 15.7. The first-order chi connectivity index (χ1) is 9.40. The van der Waals surface area contributed by atoms with E-state index in [1.807, 2.05) is 0 Å². The molecule has 1 amide bonds. The number of hydrogen-bond donors (Lipinski definition) is 3. The number of nitro groups is 1. The van der Waals surface area contributed by atoms with Crippen molar-refractivity contribution in [2.24, 2.45) is 11.7 Å². The molecule has 0 radical (unpaired) electrons. The van der Waals surface area contributed by atoms with Gasteiger partial charge in [-0.15, -0.1) is 0 Å². The van der Waals surface area contributed by atoms with Gasteiger partial charge in [-0.3, -0.25) is 14.9 Å². The lowest BCUT2D eigenvalue weighted by Gasteiger charge is -2.12. The molecule has 2 rings (SSSR count). The Labute approximate surface area is 114 Å². The molecule has 1 aliphatic carbocycles. The summed E-state index contributed by atoms with van der Waals surface area (Å²) in [5.41, 5.74) is 10.1. The summed E-state index contributed by atoms with van der Waals surface area (Å²) in [6.07, 6.45) is 2.06. The highest BCUT2D eigenvalue weighted by molar-refractivity contribution is 6.01. The number of nitrogens with two attached hydrogens (primary N) is 2. The van der Waals surface area contributed by atoms with E-state index in [0.29, 0.717) is 12.0 Å². The molecule has 20 heavy (non-hydrogen) atoms. The minimum absolute atomic E-state index is 0.163. The maximum atomic E-state index is 13.3. The lowest BCUT2D eigenvalue weighted by Crippen LogP contribution is -2.38. The van der Waals surface area contributed by atoms with E-state index in [-0.39, 0.29) is 23.8 Å². The summed E-state index contributed by atoms with van der Waals surface area (Å²) in [7, 11) is 0. The SMILES string of the molecule is Nc1c(C(=O)NCC(N)C2CC2)cc(F)cc1[N+](=O)[O-]. The second-order valence-electron chi connectivity index (χ2n) is 4.85. The number of amides is 1. The molecule has 0 saturated heterocycles. The number of nitrogens with zero attached hydrogens (tertiary/aromatic N) is 1. The summed E-state index contributed by atoms with van der Waals surface area (Å²) in [5.74, 6) is -1.15. The maximum Gasteiger partial charge on any atom is 0.295 e. The molecular weight excluding hydrogens is 267 g/mol. The first-order valence-corrected chi connectivity index (χ1v) is 6.17. The topological polar surface area (TPSA) is 124 Å². The van der Waals surface area contributed by atoms with Crippen LogP contribution in [0.5, 0.6) is 0 Å². The molecular formula is C12H15FN4O3. The monoisotopic (exact) mass is 282 g/mol. The minimum atomic E-state index is -0.887. The van der Waals surface area contributed by atoms with Gasteiger partial charge < -0.3 is 16.8 Å². The van der Waals surface area contributed by atoms with Crippen molar-refractivity contribution in [1.29, 1.82) is 0 Å². The van der Waals surface area contributed by atoms with Crippen LogP contribution in [0.3, 0.4) is 0 Å². The summed E-state index contributed by atoms with van der Waals surface area (Å²) in [4.78, 5) is 21.8. The average Bonchev–Trinajstić information content (AvgIpc) is 3.21. The molecule has 0 aromatic heterocycles. The van der Waals surface area contributed by atoms with Crippen molar-refractivity contribution in [2.45, 2.75) is 18.9 Å². The van der Waals surface area contributed by atoms with E-state index in [0.717, 1.165) is 18.9 Å². The summed E-state index contributed by atoms with van der Waals surface area (Å²) in [6.45, 7) is 0.229. The third kappa shape index (κ3) is 3.02. The zero-order chi connectivity index (χ0) is 14.9. The molecule has 1 unspecified atom stereocenters. The van der Waals surface area contributed by atoms with Gasteiger partial charge in [0.1, 0.15) is 11.5 Å². The fourth-order valence-electron chi connectivity index (χ4n) is 1.94. The molecule has 1 fully saturated rings. The number of rotatable bonds is 5. The predicted molar refractivity (Wildman–Crippen MR) is 70.5 cm³/mol. The molecule has 7 nitrogen and oxygen atoms in total. The van der Waals surface area contributed by atoms with Gasteiger partial charge in [0, 0.05) is 12.6 Å². The molecule has 0 spiro atoms. The van der Waals surface area contributed by atoms with Crippen LogP contribution in [0.2, 0.25) is 0 Å². The van der Waals surface area contributed by atoms with Crippen LogP contribution in [0, 0.1) is 21.8 Å². The largest absolute Gasteiger partial charge is 0.393 e. The highest BCUT2D eigenvalue weighted by Gasteiger charge is 2.29. The van der Waals surface area contributed by atoms with Gasteiger partial charge in [0.2, 0.25) is 0 Å². The Hall–Kier alpha value is -2.22. The van der Waals surface area contributed by atoms with Crippen molar-refractivity contribution >= 4 is 17.3 Å². The molecule has 1 saturated carbocycles. The van der Waals surface area contributed by atoms with Gasteiger partial charge in [0.25, 0.3) is 11.6 Å². The fourth-order valence-corrected chi connectivity index (χ4v) is 1.94. The highest BCUT2D eigenvalue weighted by atomic mass is 19.1. The Balaban J connectivity index is 2.14. The van der Waals surface area contributed by atoms with Crippen LogP contribution in [-0.4, -0.2) is 23.4 Å². The molecule has 108 valence electrons. The van der Waals surface area contributed by atoms with E-state index in [2.05, 4.69) is 5.32 Å². The number of halogens is 1. The van der Waals surface area contributed by atoms with Crippen LogP contribution < -0.4 is 16.8 Å². The van der Waals surface area contributed by atoms with Crippen LogP contribution in [0.1, 0.15) is 23.2 Å². The number of carbonyl (C=O) groups is 1. The van der Waals surface area contributed by atoms with Gasteiger partial charge in [-0.1, -0.05) is 0 Å². The lowest BCUT2D eigenvalue weighted by atomic mass is 10.1. The van der Waals surface area contributed by atoms with Gasteiger partial charge in [-0.2, -0.15) is 0 Å². The van der Waals surface area contributed by atoms with Gasteiger partial charge in [0.15, 0.2) is 0 Å². The molecule has 8 heteroatoms. The number of carbonyl (C=O) groups excluding carboxylic acids is 1. The predicted octanol–water partition coefficient (Wildman–Crippen LogP) is 0.783. The second kappa shape index (κ2) is 5.41. The van der Waals surface area contributed by atoms with Crippen molar-refractivity contribution in [3.8, 4) is 0 Å². The molecule has 1 aromatic rings. The molecule has 1 atom stereocenters. The number of hydrogen-bond acceptors (Lipinski definition) is 5. The summed E-state index contributed by atoms with van der Waals surface area (Å²) in [6, 6.07) is 1.39. The van der Waals surface area contributed by atoms with Crippen molar-refractivity contribution < 1.29 is 14.1 Å². The zero-order valence-electron chi connectivity index (χ0n) is 10.6. The Morgan fingerprint density at radius 3 is 2.75 bits per heavy atom. The number of nitrogen functional groups attached to an aromatic ring is 1. The number of nitro benzene ring substituents is 1. The average molecular weight is 282 g/mol. The van der Waals surface area contributed by atoms with Crippen molar-refractivity contribution in [3.05, 3.63) is 33.6 Å². The number of anilines is 1. The van der Waals surface area contributed by atoms with E-state index in [1.165, 1.54) is 0 Å². The highest BCUT2D eigenvalue weighted by Crippen LogP contribution is 2.31. The Bertz CT molecular complexity index is 560. The van der Waals surface area contributed by atoms with Crippen molar-refractivity contribution in [2.75, 3.05) is 12.3 Å². The van der Waals surface area contributed by atoms with Crippen molar-refractivity contribution in [3.63, 3.8) is 0 Å². The first-order valence-electron chi connectivity index (χ1n) is 6.17. The molecule has 5 N–H and O–H groups in total. The molecule has 1 aliphatic rings. The van der Waals surface area contributed by atoms with E-state index >= 15 is 0 Å². The van der Waals surface area contributed by atoms with E-state index in [9.17, 15) is 19.3 Å². The third-order valence-corrected chi connectivity index (χ3v) is 3.29. The van der Waals surface area contributed by atoms with Crippen molar-refractivity contribution in [1.82, 2.24) is 5.32 Å². The van der Waals surface area contributed by atoms with Gasteiger partial charge in [0.05, 0.1) is 16.6 Å². The van der Waals surface area contributed by atoms with Gasteiger partial charge in [-0.05, 0) is 24.8 Å². The molecule has 0 aliphatic heterocycles. The van der Waals surface area contributed by atoms with E-state index in [1.54, 1.807) is 0 Å². The Morgan fingerprint density at radius 1 is 1.55 bits per heavy atom. The third-order valence-electron chi connectivity index (χ3n) is 3.29. The van der Waals surface area contributed by atoms with Crippen LogP contribution in [0.15, 0.2) is 12.1 Å². The molecule has 1 aromatic carbocycles. The smallest absolute Gasteiger partial charge is 0.295 e. The molecule has 0 heterocycles. The number of benzene rings is 1. The van der Waals surface area contributed by atoms with Gasteiger partial charge in [-0.25, -0.2) is 4.39 Å².